The van der Waals surface area contributed by atoms with E-state index in [2.05, 4.69) is 4.98 Å². The first-order valence-corrected chi connectivity index (χ1v) is 4.54. The third-order valence-electron chi connectivity index (χ3n) is 1.72. The highest BCUT2D eigenvalue weighted by Gasteiger charge is 2.07. The number of aromatic nitrogens is 1. The van der Waals surface area contributed by atoms with Gasteiger partial charge in [-0.3, -0.25) is 4.79 Å². The first-order chi connectivity index (χ1) is 6.20. The summed E-state index contributed by atoms with van der Waals surface area (Å²) in [5.41, 5.74) is 0.935. The second-order valence-electron chi connectivity index (χ2n) is 2.69. The topological polar surface area (TPSA) is 30.0 Å². The summed E-state index contributed by atoms with van der Waals surface area (Å²) >= 11 is 1.40. The number of halogens is 1. The molecule has 0 N–H and O–H groups in total. The monoisotopic (exact) mass is 195 g/mol. The van der Waals surface area contributed by atoms with Crippen LogP contribution in [-0.4, -0.2) is 11.3 Å². The molecule has 0 bridgehead atoms. The number of hydrogen-bond donors (Lipinski definition) is 0. The van der Waals surface area contributed by atoms with E-state index < -0.39 is 5.82 Å². The van der Waals surface area contributed by atoms with Crippen molar-refractivity contribution in [1.82, 2.24) is 4.98 Å². The van der Waals surface area contributed by atoms with E-state index in [1.165, 1.54) is 23.5 Å². The van der Waals surface area contributed by atoms with Crippen LogP contribution in [0.15, 0.2) is 12.1 Å². The molecule has 0 saturated carbocycles. The molecule has 1 aromatic carbocycles. The van der Waals surface area contributed by atoms with Gasteiger partial charge in [-0.1, -0.05) is 0 Å². The minimum atomic E-state index is -0.417. The van der Waals surface area contributed by atoms with E-state index in [1.807, 2.05) is 6.92 Å². The summed E-state index contributed by atoms with van der Waals surface area (Å²) in [6.45, 7) is 1.83. The van der Waals surface area contributed by atoms with Crippen LogP contribution in [0, 0.1) is 12.7 Å². The highest BCUT2D eigenvalue weighted by Crippen LogP contribution is 2.25. The van der Waals surface area contributed by atoms with Crippen molar-refractivity contribution in [2.24, 2.45) is 0 Å². The van der Waals surface area contributed by atoms with E-state index in [9.17, 15) is 9.18 Å². The molecule has 2 nitrogen and oxygen atoms in total. The van der Waals surface area contributed by atoms with Crippen LogP contribution in [0.2, 0.25) is 0 Å². The van der Waals surface area contributed by atoms with Crippen molar-refractivity contribution >= 4 is 27.8 Å². The van der Waals surface area contributed by atoms with Gasteiger partial charge in [0.1, 0.15) is 5.82 Å². The van der Waals surface area contributed by atoms with E-state index in [0.717, 1.165) is 9.71 Å². The van der Waals surface area contributed by atoms with Gasteiger partial charge in [-0.25, -0.2) is 9.37 Å². The van der Waals surface area contributed by atoms with Crippen LogP contribution in [0.25, 0.3) is 10.2 Å². The number of benzene rings is 1. The number of fused-ring (bicyclic) bond motifs is 1. The van der Waals surface area contributed by atoms with Gasteiger partial charge in [-0.05, 0) is 13.0 Å². The van der Waals surface area contributed by atoms with Gasteiger partial charge in [0.25, 0.3) is 0 Å². The fourth-order valence-corrected chi connectivity index (χ4v) is 2.10. The molecular formula is C9H6FNOS. The predicted octanol–water partition coefficient (Wildman–Crippen LogP) is 2.56. The number of aryl methyl sites for hydroxylation is 1. The standard InChI is InChI=1S/C9H6FNOS/c1-5-11-8-3-7(10)2-6(4-12)9(8)13-5/h2-4H,1H3. The first kappa shape index (κ1) is 8.31. The fourth-order valence-electron chi connectivity index (χ4n) is 1.22. The number of carbonyl (C=O) groups is 1. The zero-order valence-electron chi connectivity index (χ0n) is 6.87. The largest absolute Gasteiger partial charge is 0.298 e. The van der Waals surface area contributed by atoms with Crippen LogP contribution in [0.4, 0.5) is 4.39 Å². The van der Waals surface area contributed by atoms with E-state index in [1.54, 1.807) is 0 Å². The maximum atomic E-state index is 12.9. The van der Waals surface area contributed by atoms with Crippen molar-refractivity contribution in [1.29, 1.82) is 0 Å². The Morgan fingerprint density at radius 2 is 2.31 bits per heavy atom. The molecule has 0 atom stereocenters. The van der Waals surface area contributed by atoms with Crippen LogP contribution in [-0.2, 0) is 0 Å². The molecular weight excluding hydrogens is 189 g/mol. The Morgan fingerprint density at radius 3 is 3.00 bits per heavy atom. The average molecular weight is 195 g/mol. The number of thiazole rings is 1. The van der Waals surface area contributed by atoms with Gasteiger partial charge in [0.2, 0.25) is 0 Å². The van der Waals surface area contributed by atoms with Crippen LogP contribution < -0.4 is 0 Å². The molecule has 1 aromatic heterocycles. The smallest absolute Gasteiger partial charge is 0.151 e. The van der Waals surface area contributed by atoms with Gasteiger partial charge < -0.3 is 0 Å². The van der Waals surface area contributed by atoms with Gasteiger partial charge in [0, 0.05) is 11.6 Å². The Bertz CT molecular complexity index is 478. The molecule has 0 aliphatic carbocycles. The predicted molar refractivity (Wildman–Crippen MR) is 49.7 cm³/mol. The normalized spacial score (nSPS) is 10.6. The Balaban J connectivity index is 2.88. The summed E-state index contributed by atoms with van der Waals surface area (Å²) in [5, 5.41) is 0.837. The molecule has 0 aliphatic rings. The molecule has 2 rings (SSSR count). The second kappa shape index (κ2) is 2.88. The lowest BCUT2D eigenvalue weighted by molar-refractivity contribution is 0.112. The molecule has 0 aliphatic heterocycles. The van der Waals surface area contributed by atoms with Crippen LogP contribution in [0.3, 0.4) is 0 Å². The maximum Gasteiger partial charge on any atom is 0.151 e. The van der Waals surface area contributed by atoms with Crippen molar-refractivity contribution in [2.45, 2.75) is 6.92 Å². The molecule has 0 fully saturated rings. The molecule has 1 heterocycles. The number of carbonyl (C=O) groups excluding carboxylic acids is 1. The zero-order chi connectivity index (χ0) is 9.42. The molecule has 0 saturated heterocycles. The summed E-state index contributed by atoms with van der Waals surface area (Å²) in [5.74, 6) is -0.417. The van der Waals surface area contributed by atoms with Gasteiger partial charge in [-0.15, -0.1) is 11.3 Å². The first-order valence-electron chi connectivity index (χ1n) is 3.72. The van der Waals surface area contributed by atoms with Gasteiger partial charge in [-0.2, -0.15) is 0 Å². The summed E-state index contributed by atoms with van der Waals surface area (Å²) in [6.07, 6.45) is 0.656. The second-order valence-corrected chi connectivity index (χ2v) is 3.90. The van der Waals surface area contributed by atoms with E-state index in [0.29, 0.717) is 17.4 Å². The minimum Gasteiger partial charge on any atom is -0.298 e. The number of hydrogen-bond acceptors (Lipinski definition) is 3. The molecule has 0 spiro atoms. The lowest BCUT2D eigenvalue weighted by Gasteiger charge is -1.92. The quantitative estimate of drug-likeness (QED) is 0.654. The number of nitrogens with zero attached hydrogens (tertiary/aromatic N) is 1. The number of aldehydes is 1. The van der Waals surface area contributed by atoms with E-state index >= 15 is 0 Å². The van der Waals surface area contributed by atoms with Crippen molar-refractivity contribution in [3.8, 4) is 0 Å². The Kier molecular flexibility index (Phi) is 1.84. The molecule has 0 amide bonds. The molecule has 4 heteroatoms. The SMILES string of the molecule is Cc1nc2cc(F)cc(C=O)c2s1. The Labute approximate surface area is 78.0 Å². The van der Waals surface area contributed by atoms with E-state index in [-0.39, 0.29) is 0 Å². The van der Waals surface area contributed by atoms with Crippen LogP contribution in [0.1, 0.15) is 15.4 Å². The lowest BCUT2D eigenvalue weighted by Crippen LogP contribution is -1.83. The van der Waals surface area contributed by atoms with Crippen molar-refractivity contribution in [3.05, 3.63) is 28.5 Å². The molecule has 2 aromatic rings. The van der Waals surface area contributed by atoms with Gasteiger partial charge in [0.15, 0.2) is 6.29 Å². The Morgan fingerprint density at radius 1 is 1.54 bits per heavy atom. The molecule has 0 radical (unpaired) electrons. The van der Waals surface area contributed by atoms with E-state index in [4.69, 9.17) is 0 Å². The van der Waals surface area contributed by atoms with Crippen molar-refractivity contribution < 1.29 is 9.18 Å². The Hall–Kier alpha value is -1.29. The summed E-state index contributed by atoms with van der Waals surface area (Å²) in [4.78, 5) is 14.7. The third-order valence-corrected chi connectivity index (χ3v) is 2.75. The minimum absolute atomic E-state index is 0.376. The van der Waals surface area contributed by atoms with Gasteiger partial charge in [0.05, 0.1) is 15.2 Å². The lowest BCUT2D eigenvalue weighted by atomic mass is 10.2. The molecule has 66 valence electrons. The molecule has 0 unspecified atom stereocenters. The summed E-state index contributed by atoms with van der Waals surface area (Å²) in [7, 11) is 0. The highest BCUT2D eigenvalue weighted by molar-refractivity contribution is 7.18. The fraction of sp³-hybridized carbons (Fsp3) is 0.111. The number of rotatable bonds is 1. The summed E-state index contributed by atoms with van der Waals surface area (Å²) in [6, 6.07) is 2.57. The van der Waals surface area contributed by atoms with Crippen molar-refractivity contribution in [3.63, 3.8) is 0 Å². The van der Waals surface area contributed by atoms with Crippen molar-refractivity contribution in [2.75, 3.05) is 0 Å². The zero-order valence-corrected chi connectivity index (χ0v) is 7.69. The van der Waals surface area contributed by atoms with Gasteiger partial charge >= 0.3 is 0 Å². The third kappa shape index (κ3) is 1.33. The molecule has 13 heavy (non-hydrogen) atoms. The van der Waals surface area contributed by atoms with Crippen LogP contribution in [0.5, 0.6) is 0 Å². The van der Waals surface area contributed by atoms with Crippen LogP contribution >= 0.6 is 11.3 Å². The average Bonchev–Trinajstić information content (AvgIpc) is 2.43. The highest BCUT2D eigenvalue weighted by atomic mass is 32.1. The summed E-state index contributed by atoms with van der Waals surface area (Å²) < 4.78 is 13.7. The maximum absolute atomic E-state index is 12.9.